The highest BCUT2D eigenvalue weighted by Gasteiger charge is 2.14. The molecule has 0 atom stereocenters. The molecule has 10 heteroatoms. The smallest absolute Gasteiger partial charge is 0.243 e. The Hall–Kier alpha value is -3.82. The number of hydrogen-bond donors (Lipinski definition) is 2. The van der Waals surface area contributed by atoms with E-state index in [1.807, 2.05) is 25.1 Å². The van der Waals surface area contributed by atoms with Gasteiger partial charge in [-0.3, -0.25) is 4.79 Å². The number of aromatic nitrogens is 4. The van der Waals surface area contributed by atoms with Crippen LogP contribution >= 0.6 is 0 Å². The molecule has 1 heterocycles. The number of ether oxygens (including phenoxy) is 3. The van der Waals surface area contributed by atoms with Crippen molar-refractivity contribution in [2.45, 2.75) is 6.92 Å². The molecule has 0 bridgehead atoms. The number of nitrogens with one attached hydrogen (secondary N) is 2. The standard InChI is InChI=1S/C19H22N6O4/c1-12-7-13(5-6-15(12)25-11-21-23-24-25)20-10-18(26)22-14-8-16(27-2)19(29-4)17(9-14)28-3/h5-9,11,20H,10H2,1-4H3,(H,22,26). The van der Waals surface area contributed by atoms with Gasteiger partial charge in [0.2, 0.25) is 11.7 Å². The second-order valence-corrected chi connectivity index (χ2v) is 6.07. The van der Waals surface area contributed by atoms with Crippen LogP contribution in [-0.4, -0.2) is 54.0 Å². The summed E-state index contributed by atoms with van der Waals surface area (Å²) >= 11 is 0. The molecule has 0 aliphatic heterocycles. The molecular weight excluding hydrogens is 376 g/mol. The van der Waals surface area contributed by atoms with Gasteiger partial charge < -0.3 is 24.8 Å². The molecule has 0 radical (unpaired) electrons. The average Bonchev–Trinajstić information content (AvgIpc) is 3.26. The summed E-state index contributed by atoms with van der Waals surface area (Å²) in [5.41, 5.74) is 3.17. The van der Waals surface area contributed by atoms with Crippen LogP contribution in [0.1, 0.15) is 5.56 Å². The van der Waals surface area contributed by atoms with Crippen LogP contribution in [0, 0.1) is 6.92 Å². The van der Waals surface area contributed by atoms with Gasteiger partial charge in [-0.1, -0.05) is 0 Å². The third-order valence-corrected chi connectivity index (χ3v) is 4.19. The minimum absolute atomic E-state index is 0.0837. The molecule has 152 valence electrons. The molecule has 3 rings (SSSR count). The first-order valence-electron chi connectivity index (χ1n) is 8.73. The van der Waals surface area contributed by atoms with Gasteiger partial charge in [-0.25, -0.2) is 4.68 Å². The fourth-order valence-electron chi connectivity index (χ4n) is 2.83. The molecule has 1 aromatic heterocycles. The van der Waals surface area contributed by atoms with Crippen LogP contribution in [-0.2, 0) is 4.79 Å². The second kappa shape index (κ2) is 8.91. The number of amides is 1. The Balaban J connectivity index is 1.65. The largest absolute Gasteiger partial charge is 0.493 e. The lowest BCUT2D eigenvalue weighted by Gasteiger charge is -2.15. The van der Waals surface area contributed by atoms with Crippen molar-refractivity contribution in [3.63, 3.8) is 0 Å². The maximum absolute atomic E-state index is 12.4. The molecule has 0 unspecified atom stereocenters. The highest BCUT2D eigenvalue weighted by molar-refractivity contribution is 5.94. The van der Waals surface area contributed by atoms with Gasteiger partial charge in [-0.15, -0.1) is 5.10 Å². The number of aryl methyl sites for hydroxylation is 1. The lowest BCUT2D eigenvalue weighted by Crippen LogP contribution is -2.22. The molecule has 2 aromatic carbocycles. The molecule has 3 aromatic rings. The van der Waals surface area contributed by atoms with E-state index in [9.17, 15) is 4.79 Å². The first kappa shape index (κ1) is 19.9. The Kier molecular flexibility index (Phi) is 6.12. The van der Waals surface area contributed by atoms with Gasteiger partial charge in [0.25, 0.3) is 0 Å². The normalized spacial score (nSPS) is 10.3. The van der Waals surface area contributed by atoms with Crippen molar-refractivity contribution in [1.29, 1.82) is 0 Å². The van der Waals surface area contributed by atoms with Crippen LogP contribution in [0.2, 0.25) is 0 Å². The monoisotopic (exact) mass is 398 g/mol. The van der Waals surface area contributed by atoms with Crippen LogP contribution in [0.4, 0.5) is 11.4 Å². The Bertz CT molecular complexity index is 965. The quantitative estimate of drug-likeness (QED) is 0.593. The number of tetrazole rings is 1. The van der Waals surface area contributed by atoms with E-state index in [1.165, 1.54) is 27.7 Å². The van der Waals surface area contributed by atoms with Crippen molar-refractivity contribution in [3.8, 4) is 22.9 Å². The van der Waals surface area contributed by atoms with Crippen LogP contribution in [0.5, 0.6) is 17.2 Å². The summed E-state index contributed by atoms with van der Waals surface area (Å²) in [6.07, 6.45) is 1.53. The summed E-state index contributed by atoms with van der Waals surface area (Å²) in [7, 11) is 4.56. The summed E-state index contributed by atoms with van der Waals surface area (Å²) in [6, 6.07) is 9.00. The Labute approximate surface area is 167 Å². The Morgan fingerprint density at radius 3 is 2.31 bits per heavy atom. The van der Waals surface area contributed by atoms with Gasteiger partial charge in [0.05, 0.1) is 33.6 Å². The van der Waals surface area contributed by atoms with Crippen molar-refractivity contribution in [1.82, 2.24) is 20.2 Å². The number of rotatable bonds is 8. The van der Waals surface area contributed by atoms with Gasteiger partial charge >= 0.3 is 0 Å². The molecule has 0 spiro atoms. The minimum atomic E-state index is -0.221. The molecule has 0 saturated carbocycles. The first-order chi connectivity index (χ1) is 14.0. The first-order valence-corrected chi connectivity index (χ1v) is 8.73. The van der Waals surface area contributed by atoms with E-state index in [-0.39, 0.29) is 12.5 Å². The van der Waals surface area contributed by atoms with E-state index in [1.54, 1.807) is 16.8 Å². The van der Waals surface area contributed by atoms with E-state index in [0.717, 1.165) is 16.9 Å². The predicted octanol–water partition coefficient (Wildman–Crippen LogP) is 2.05. The maximum Gasteiger partial charge on any atom is 0.243 e. The van der Waals surface area contributed by atoms with Crippen molar-refractivity contribution in [2.24, 2.45) is 0 Å². The van der Waals surface area contributed by atoms with E-state index in [2.05, 4.69) is 26.2 Å². The van der Waals surface area contributed by atoms with Gasteiger partial charge in [0.15, 0.2) is 11.5 Å². The predicted molar refractivity (Wildman–Crippen MR) is 107 cm³/mol. The lowest BCUT2D eigenvalue weighted by molar-refractivity contribution is -0.114. The molecule has 1 amide bonds. The summed E-state index contributed by atoms with van der Waals surface area (Å²) < 4.78 is 17.5. The summed E-state index contributed by atoms with van der Waals surface area (Å²) in [5.74, 6) is 1.17. The van der Waals surface area contributed by atoms with Gasteiger partial charge in [0.1, 0.15) is 6.33 Å². The Morgan fingerprint density at radius 2 is 1.76 bits per heavy atom. The number of anilines is 2. The molecule has 0 aliphatic rings. The number of hydrogen-bond acceptors (Lipinski definition) is 8. The SMILES string of the molecule is COc1cc(NC(=O)CNc2ccc(-n3cnnn3)c(C)c2)cc(OC)c1OC. The van der Waals surface area contributed by atoms with Gasteiger partial charge in [0, 0.05) is 23.5 Å². The van der Waals surface area contributed by atoms with E-state index >= 15 is 0 Å². The van der Waals surface area contributed by atoms with E-state index < -0.39 is 0 Å². The molecule has 0 fully saturated rings. The summed E-state index contributed by atoms with van der Waals surface area (Å²) in [5, 5.41) is 17.1. The summed E-state index contributed by atoms with van der Waals surface area (Å²) in [4.78, 5) is 12.4. The highest BCUT2D eigenvalue weighted by atomic mass is 16.5. The zero-order valence-electron chi connectivity index (χ0n) is 16.6. The molecule has 0 saturated heterocycles. The third-order valence-electron chi connectivity index (χ3n) is 4.19. The fraction of sp³-hybridized carbons (Fsp3) is 0.263. The molecule has 10 nitrogen and oxygen atoms in total. The lowest BCUT2D eigenvalue weighted by atomic mass is 10.2. The second-order valence-electron chi connectivity index (χ2n) is 6.07. The average molecular weight is 398 g/mol. The van der Waals surface area contributed by atoms with Crippen LogP contribution in [0.15, 0.2) is 36.7 Å². The van der Waals surface area contributed by atoms with Crippen LogP contribution in [0.25, 0.3) is 5.69 Å². The van der Waals surface area contributed by atoms with Gasteiger partial charge in [-0.2, -0.15) is 0 Å². The van der Waals surface area contributed by atoms with Crippen LogP contribution in [0.3, 0.4) is 0 Å². The Morgan fingerprint density at radius 1 is 1.03 bits per heavy atom. The van der Waals surface area contributed by atoms with Crippen LogP contribution < -0.4 is 24.8 Å². The third kappa shape index (κ3) is 4.54. The molecular formula is C19H22N6O4. The minimum Gasteiger partial charge on any atom is -0.493 e. The van der Waals surface area contributed by atoms with Gasteiger partial charge in [-0.05, 0) is 41.1 Å². The maximum atomic E-state index is 12.4. The highest BCUT2D eigenvalue weighted by Crippen LogP contribution is 2.39. The fourth-order valence-corrected chi connectivity index (χ4v) is 2.83. The number of methoxy groups -OCH3 is 3. The van der Waals surface area contributed by atoms with E-state index in [4.69, 9.17) is 14.2 Å². The molecule has 0 aliphatic carbocycles. The van der Waals surface area contributed by atoms with Crippen molar-refractivity contribution in [3.05, 3.63) is 42.2 Å². The van der Waals surface area contributed by atoms with Crippen molar-refractivity contribution >= 4 is 17.3 Å². The topological polar surface area (TPSA) is 112 Å². The van der Waals surface area contributed by atoms with E-state index in [0.29, 0.717) is 22.9 Å². The van der Waals surface area contributed by atoms with Crippen molar-refractivity contribution in [2.75, 3.05) is 38.5 Å². The number of nitrogens with zero attached hydrogens (tertiary/aromatic N) is 4. The number of carbonyl (C=O) groups is 1. The molecule has 29 heavy (non-hydrogen) atoms. The molecule has 2 N–H and O–H groups in total. The number of benzene rings is 2. The summed E-state index contributed by atoms with van der Waals surface area (Å²) in [6.45, 7) is 2.03. The zero-order valence-corrected chi connectivity index (χ0v) is 16.6. The zero-order chi connectivity index (χ0) is 20.8. The van der Waals surface area contributed by atoms with Crippen molar-refractivity contribution < 1.29 is 19.0 Å². The number of carbonyl (C=O) groups excluding carboxylic acids is 1.